The van der Waals surface area contributed by atoms with E-state index in [2.05, 4.69) is 21.0 Å². The maximum atomic E-state index is 13.6. The monoisotopic (exact) mass is 432 g/mol. The molecular weight excluding hydrogens is 407 g/mol. The zero-order valence-corrected chi connectivity index (χ0v) is 18.2. The first-order chi connectivity index (χ1) is 15.5. The Bertz CT molecular complexity index is 1270. The lowest BCUT2D eigenvalue weighted by atomic mass is 10.2. The molecule has 0 N–H and O–H groups in total. The fourth-order valence-electron chi connectivity index (χ4n) is 4.33. The molecule has 4 heterocycles. The summed E-state index contributed by atoms with van der Waals surface area (Å²) < 4.78 is 17.3. The van der Waals surface area contributed by atoms with Crippen molar-refractivity contribution in [2.75, 3.05) is 26.2 Å². The normalized spacial score (nSPS) is 14.9. The van der Waals surface area contributed by atoms with Crippen molar-refractivity contribution in [3.8, 4) is 11.3 Å². The molecule has 7 nitrogen and oxygen atoms in total. The predicted molar refractivity (Wildman–Crippen MR) is 120 cm³/mol. The number of halogens is 1. The third-order valence-corrected chi connectivity index (χ3v) is 6.20. The number of benzene rings is 1. The van der Waals surface area contributed by atoms with Crippen molar-refractivity contribution in [2.45, 2.75) is 6.54 Å². The van der Waals surface area contributed by atoms with Crippen LogP contribution in [0, 0.1) is 5.82 Å². The number of carbonyl (C=O) groups excluding carboxylic acids is 1. The zero-order chi connectivity index (χ0) is 22.2. The summed E-state index contributed by atoms with van der Waals surface area (Å²) in [7, 11) is 3.81. The van der Waals surface area contributed by atoms with E-state index in [1.54, 1.807) is 18.3 Å². The number of hydrogen-bond acceptors (Lipinski definition) is 4. The van der Waals surface area contributed by atoms with E-state index in [1.165, 1.54) is 12.1 Å². The molecule has 0 bridgehead atoms. The van der Waals surface area contributed by atoms with Crippen molar-refractivity contribution >= 4 is 16.8 Å². The van der Waals surface area contributed by atoms with Gasteiger partial charge < -0.3 is 9.47 Å². The summed E-state index contributed by atoms with van der Waals surface area (Å²) in [6, 6.07) is 12.4. The highest BCUT2D eigenvalue weighted by Gasteiger charge is 2.25. The number of aromatic nitrogens is 4. The second-order valence-corrected chi connectivity index (χ2v) is 8.25. The van der Waals surface area contributed by atoms with Gasteiger partial charge in [0.05, 0.1) is 11.4 Å². The molecule has 8 heteroatoms. The Hall–Kier alpha value is -3.52. The first kappa shape index (κ1) is 20.4. The molecule has 1 aliphatic rings. The smallest absolute Gasteiger partial charge is 0.270 e. The molecule has 1 saturated heterocycles. The van der Waals surface area contributed by atoms with Crippen molar-refractivity contribution < 1.29 is 9.18 Å². The molecular formula is C24H25FN6O. The van der Waals surface area contributed by atoms with Gasteiger partial charge in [0.15, 0.2) is 0 Å². The molecule has 0 aliphatic carbocycles. The molecule has 5 rings (SSSR count). The van der Waals surface area contributed by atoms with Crippen LogP contribution >= 0.6 is 0 Å². The Morgan fingerprint density at radius 1 is 1.06 bits per heavy atom. The van der Waals surface area contributed by atoms with Crippen molar-refractivity contribution in [3.63, 3.8) is 0 Å². The highest BCUT2D eigenvalue weighted by atomic mass is 19.1. The molecule has 0 saturated carbocycles. The largest absolute Gasteiger partial charge is 0.340 e. The van der Waals surface area contributed by atoms with E-state index in [9.17, 15) is 9.18 Å². The summed E-state index contributed by atoms with van der Waals surface area (Å²) >= 11 is 0. The standard InChI is InChI=1S/C24H25FN6O/c1-28-22-6-5-19(25)12-18(22)13-23(28)24(32)31-10-8-30(9-11-31)16-20-14-21(27-29(20)2)17-4-3-7-26-15-17/h3-7,12-15H,8-11,16H2,1-2H3. The Morgan fingerprint density at radius 3 is 2.62 bits per heavy atom. The molecule has 1 fully saturated rings. The van der Waals surface area contributed by atoms with Gasteiger partial charge in [-0.3, -0.25) is 19.4 Å². The van der Waals surface area contributed by atoms with Crippen LogP contribution in [0.3, 0.4) is 0 Å². The number of nitrogens with zero attached hydrogens (tertiary/aromatic N) is 6. The highest BCUT2D eigenvalue weighted by Crippen LogP contribution is 2.22. The molecule has 3 aromatic heterocycles. The van der Waals surface area contributed by atoms with Gasteiger partial charge in [-0.25, -0.2) is 4.39 Å². The molecule has 0 unspecified atom stereocenters. The summed E-state index contributed by atoms with van der Waals surface area (Å²) in [5.74, 6) is -0.305. The average Bonchev–Trinajstić information content (AvgIpc) is 3.33. The predicted octanol–water partition coefficient (Wildman–Crippen LogP) is 3.07. The van der Waals surface area contributed by atoms with Gasteiger partial charge in [0.1, 0.15) is 11.5 Å². The second-order valence-electron chi connectivity index (χ2n) is 8.25. The number of piperazine rings is 1. The van der Waals surface area contributed by atoms with Gasteiger partial charge in [-0.1, -0.05) is 0 Å². The minimum atomic E-state index is -0.294. The number of aryl methyl sites for hydroxylation is 2. The van der Waals surface area contributed by atoms with Crippen LogP contribution in [0.2, 0.25) is 0 Å². The van der Waals surface area contributed by atoms with E-state index in [0.717, 1.165) is 47.5 Å². The van der Waals surface area contributed by atoms with Crippen LogP contribution in [0.5, 0.6) is 0 Å². The summed E-state index contributed by atoms with van der Waals surface area (Å²) in [5.41, 5.74) is 4.48. The third kappa shape index (κ3) is 3.78. The van der Waals surface area contributed by atoms with Crippen LogP contribution < -0.4 is 0 Å². The van der Waals surface area contributed by atoms with Crippen molar-refractivity contribution in [3.05, 3.63) is 72.1 Å². The van der Waals surface area contributed by atoms with Gasteiger partial charge >= 0.3 is 0 Å². The van der Waals surface area contributed by atoms with Crippen LogP contribution in [0.1, 0.15) is 16.2 Å². The molecule has 1 amide bonds. The minimum Gasteiger partial charge on any atom is -0.340 e. The average molecular weight is 433 g/mol. The number of amides is 1. The fourth-order valence-corrected chi connectivity index (χ4v) is 4.33. The van der Waals surface area contributed by atoms with Crippen molar-refractivity contribution in [1.82, 2.24) is 29.1 Å². The van der Waals surface area contributed by atoms with Crippen LogP contribution in [0.4, 0.5) is 4.39 Å². The molecule has 32 heavy (non-hydrogen) atoms. The molecule has 0 radical (unpaired) electrons. The van der Waals surface area contributed by atoms with Crippen LogP contribution in [0.15, 0.2) is 54.9 Å². The summed E-state index contributed by atoms with van der Waals surface area (Å²) in [6.45, 7) is 3.67. The first-order valence-corrected chi connectivity index (χ1v) is 10.7. The molecule has 4 aromatic rings. The summed E-state index contributed by atoms with van der Waals surface area (Å²) in [5, 5.41) is 5.37. The number of pyridine rings is 1. The first-order valence-electron chi connectivity index (χ1n) is 10.7. The lowest BCUT2D eigenvalue weighted by molar-refractivity contribution is 0.0616. The second kappa shape index (κ2) is 8.20. The topological polar surface area (TPSA) is 59.2 Å². The summed E-state index contributed by atoms with van der Waals surface area (Å²) in [4.78, 5) is 21.5. The molecule has 0 spiro atoms. The lowest BCUT2D eigenvalue weighted by Gasteiger charge is -2.34. The van der Waals surface area contributed by atoms with Gasteiger partial charge in [-0.2, -0.15) is 5.10 Å². The quantitative estimate of drug-likeness (QED) is 0.497. The zero-order valence-electron chi connectivity index (χ0n) is 18.2. The minimum absolute atomic E-state index is 0.0110. The fraction of sp³-hybridized carbons (Fsp3) is 0.292. The Balaban J connectivity index is 1.24. The number of hydrogen-bond donors (Lipinski definition) is 0. The maximum absolute atomic E-state index is 13.6. The molecule has 1 aliphatic heterocycles. The Kier molecular flexibility index (Phi) is 5.22. The van der Waals surface area contributed by atoms with Crippen LogP contribution in [0.25, 0.3) is 22.2 Å². The maximum Gasteiger partial charge on any atom is 0.270 e. The van der Waals surface area contributed by atoms with E-state index in [4.69, 9.17) is 0 Å². The van der Waals surface area contributed by atoms with Crippen LogP contribution in [-0.4, -0.2) is 61.2 Å². The van der Waals surface area contributed by atoms with Crippen LogP contribution in [-0.2, 0) is 20.6 Å². The Labute approximate surface area is 185 Å². The highest BCUT2D eigenvalue weighted by molar-refractivity contribution is 5.98. The number of fused-ring (bicyclic) bond motifs is 1. The number of carbonyl (C=O) groups is 1. The van der Waals surface area contributed by atoms with Gasteiger partial charge in [-0.15, -0.1) is 0 Å². The van der Waals surface area contributed by atoms with Gasteiger partial charge in [0.2, 0.25) is 0 Å². The van der Waals surface area contributed by atoms with Crippen molar-refractivity contribution in [2.24, 2.45) is 14.1 Å². The van der Waals surface area contributed by atoms with Gasteiger partial charge in [0, 0.05) is 75.7 Å². The SMILES string of the molecule is Cn1nc(-c2cccnc2)cc1CN1CCN(C(=O)c2cc3cc(F)ccc3n2C)CC1. The molecule has 164 valence electrons. The van der Waals surface area contributed by atoms with E-state index >= 15 is 0 Å². The lowest BCUT2D eigenvalue weighted by Crippen LogP contribution is -2.48. The molecule has 0 atom stereocenters. The van der Waals surface area contributed by atoms with E-state index in [1.807, 2.05) is 46.6 Å². The third-order valence-electron chi connectivity index (χ3n) is 6.20. The van der Waals surface area contributed by atoms with Crippen molar-refractivity contribution in [1.29, 1.82) is 0 Å². The molecule has 1 aromatic carbocycles. The number of rotatable bonds is 4. The van der Waals surface area contributed by atoms with E-state index in [-0.39, 0.29) is 11.7 Å². The van der Waals surface area contributed by atoms with E-state index < -0.39 is 0 Å². The van der Waals surface area contributed by atoms with Gasteiger partial charge in [0.25, 0.3) is 5.91 Å². The summed E-state index contributed by atoms with van der Waals surface area (Å²) in [6.07, 6.45) is 3.57. The van der Waals surface area contributed by atoms with Gasteiger partial charge in [-0.05, 0) is 42.5 Å². The van der Waals surface area contributed by atoms with E-state index in [0.29, 0.717) is 18.8 Å². The Morgan fingerprint density at radius 2 is 1.88 bits per heavy atom.